The van der Waals surface area contributed by atoms with Gasteiger partial charge >= 0.3 is 12.1 Å². The lowest BCUT2D eigenvalue weighted by molar-refractivity contribution is -0.137. The number of benzene rings is 2. The van der Waals surface area contributed by atoms with Crippen LogP contribution in [-0.2, 0) is 29.0 Å². The van der Waals surface area contributed by atoms with E-state index in [-0.39, 0.29) is 18.4 Å². The van der Waals surface area contributed by atoms with E-state index in [9.17, 15) is 14.7 Å². The quantitative estimate of drug-likeness (QED) is 0.554. The average Bonchev–Trinajstić information content (AvgIpc) is 3.51. The molecule has 1 fully saturated rings. The maximum Gasteiger partial charge on any atom is 0.409 e. The van der Waals surface area contributed by atoms with Gasteiger partial charge in [-0.05, 0) is 36.5 Å². The average molecular weight is 462 g/mol. The van der Waals surface area contributed by atoms with Crippen LogP contribution in [0.15, 0.2) is 42.5 Å². The van der Waals surface area contributed by atoms with Crippen LogP contribution in [0.4, 0.5) is 4.79 Å². The van der Waals surface area contributed by atoms with Gasteiger partial charge in [0.2, 0.25) is 0 Å². The van der Waals surface area contributed by atoms with E-state index in [2.05, 4.69) is 16.7 Å². The number of aromatic nitrogens is 2. The number of methoxy groups -OCH3 is 1. The molecule has 5 rings (SSSR count). The summed E-state index contributed by atoms with van der Waals surface area (Å²) in [6.45, 7) is 1.69. The molecule has 1 saturated carbocycles. The first kappa shape index (κ1) is 22.4. The normalized spacial score (nSPS) is 17.0. The molecule has 3 aromatic rings. The summed E-state index contributed by atoms with van der Waals surface area (Å²) in [5, 5.41) is 9.66. The molecule has 0 spiro atoms. The molecule has 1 aliphatic carbocycles. The molecular weight excluding hydrogens is 430 g/mol. The standard InChI is InChI=1S/C27H31N3O4/c1-34-27(33)29-14-13-19-11-12-23-25(22(19)17-29)28-26(20-9-5-6-10-20)30(23)16-21(15-24(31)32)18-7-3-2-4-8-18/h2-4,7-8,11-12,20-21H,5-6,9-10,13-17H2,1H3,(H,31,32)/t21-/m0/s1. The molecule has 34 heavy (non-hydrogen) atoms. The number of hydrogen-bond acceptors (Lipinski definition) is 4. The van der Waals surface area contributed by atoms with Gasteiger partial charge < -0.3 is 19.3 Å². The molecule has 0 radical (unpaired) electrons. The number of imidazole rings is 1. The lowest BCUT2D eigenvalue weighted by atomic mass is 9.95. The number of amides is 1. The van der Waals surface area contributed by atoms with E-state index in [4.69, 9.17) is 9.72 Å². The summed E-state index contributed by atoms with van der Waals surface area (Å²) in [4.78, 5) is 30.9. The molecule has 178 valence electrons. The molecule has 0 saturated heterocycles. The highest BCUT2D eigenvalue weighted by Gasteiger charge is 2.29. The molecule has 1 atom stereocenters. The minimum Gasteiger partial charge on any atom is -0.481 e. The molecule has 1 aromatic heterocycles. The molecule has 2 heterocycles. The molecule has 1 aliphatic heterocycles. The Kier molecular flexibility index (Phi) is 6.26. The highest BCUT2D eigenvalue weighted by Crippen LogP contribution is 2.38. The molecule has 2 aliphatic rings. The molecular formula is C27H31N3O4. The second-order valence-electron chi connectivity index (χ2n) is 9.48. The summed E-state index contributed by atoms with van der Waals surface area (Å²) in [6, 6.07) is 14.2. The van der Waals surface area contributed by atoms with Crippen LogP contribution >= 0.6 is 0 Å². The van der Waals surface area contributed by atoms with Crippen LogP contribution in [0.1, 0.15) is 66.5 Å². The van der Waals surface area contributed by atoms with Crippen molar-refractivity contribution in [3.63, 3.8) is 0 Å². The summed E-state index contributed by atoms with van der Waals surface area (Å²) < 4.78 is 7.24. The Morgan fingerprint density at radius 2 is 1.91 bits per heavy atom. The van der Waals surface area contributed by atoms with Gasteiger partial charge in [-0.3, -0.25) is 4.79 Å². The lowest BCUT2D eigenvalue weighted by Gasteiger charge is -2.27. The number of carboxylic acids is 1. The van der Waals surface area contributed by atoms with Crippen molar-refractivity contribution in [2.24, 2.45) is 0 Å². The van der Waals surface area contributed by atoms with E-state index in [1.165, 1.54) is 25.5 Å². The van der Waals surface area contributed by atoms with E-state index < -0.39 is 5.97 Å². The van der Waals surface area contributed by atoms with Gasteiger partial charge in [-0.2, -0.15) is 0 Å². The number of ether oxygens (including phenoxy) is 1. The Hall–Kier alpha value is -3.35. The Morgan fingerprint density at radius 1 is 1.15 bits per heavy atom. The molecule has 7 heteroatoms. The van der Waals surface area contributed by atoms with Crippen molar-refractivity contribution in [2.75, 3.05) is 13.7 Å². The first-order chi connectivity index (χ1) is 16.5. The maximum absolute atomic E-state index is 12.2. The number of carbonyl (C=O) groups is 2. The van der Waals surface area contributed by atoms with Gasteiger partial charge in [-0.15, -0.1) is 0 Å². The zero-order valence-corrected chi connectivity index (χ0v) is 19.6. The SMILES string of the molecule is COC(=O)N1CCc2ccc3c(nc(C4CCCC4)n3C[C@H](CC(=O)O)c3ccccc3)c2C1. The monoisotopic (exact) mass is 461 g/mol. The van der Waals surface area contributed by atoms with Crippen LogP contribution in [0.25, 0.3) is 11.0 Å². The number of carbonyl (C=O) groups excluding carboxylic acids is 1. The van der Waals surface area contributed by atoms with E-state index in [0.29, 0.717) is 25.6 Å². The number of aliphatic carboxylic acids is 1. The largest absolute Gasteiger partial charge is 0.481 e. The van der Waals surface area contributed by atoms with Gasteiger partial charge in [-0.25, -0.2) is 9.78 Å². The molecule has 7 nitrogen and oxygen atoms in total. The number of rotatable bonds is 6. The third kappa shape index (κ3) is 4.27. The molecule has 0 bridgehead atoms. The first-order valence-corrected chi connectivity index (χ1v) is 12.2. The number of hydrogen-bond donors (Lipinski definition) is 1. The number of carboxylic acid groups (broad SMARTS) is 1. The zero-order valence-electron chi connectivity index (χ0n) is 19.6. The predicted molar refractivity (Wildman–Crippen MR) is 129 cm³/mol. The summed E-state index contributed by atoms with van der Waals surface area (Å²) in [5.41, 5.74) is 5.30. The van der Waals surface area contributed by atoms with Crippen molar-refractivity contribution in [1.82, 2.24) is 14.5 Å². The number of fused-ring (bicyclic) bond motifs is 3. The van der Waals surface area contributed by atoms with Crippen molar-refractivity contribution in [3.05, 3.63) is 65.0 Å². The summed E-state index contributed by atoms with van der Waals surface area (Å²) in [7, 11) is 1.41. The third-order valence-corrected chi connectivity index (χ3v) is 7.40. The van der Waals surface area contributed by atoms with Crippen molar-refractivity contribution in [3.8, 4) is 0 Å². The third-order valence-electron chi connectivity index (χ3n) is 7.40. The first-order valence-electron chi connectivity index (χ1n) is 12.2. The van der Waals surface area contributed by atoms with E-state index in [0.717, 1.165) is 47.2 Å². The van der Waals surface area contributed by atoms with Gasteiger partial charge in [0.25, 0.3) is 0 Å². The van der Waals surface area contributed by atoms with Gasteiger partial charge in [-0.1, -0.05) is 49.2 Å². The van der Waals surface area contributed by atoms with Gasteiger partial charge in [0.1, 0.15) is 5.82 Å². The topological polar surface area (TPSA) is 84.7 Å². The summed E-state index contributed by atoms with van der Waals surface area (Å²) in [6.07, 6.45) is 5.12. The Labute approximate surface area is 199 Å². The lowest BCUT2D eigenvalue weighted by Crippen LogP contribution is -2.35. The Balaban J connectivity index is 1.60. The van der Waals surface area contributed by atoms with Crippen molar-refractivity contribution in [1.29, 1.82) is 0 Å². The van der Waals surface area contributed by atoms with Gasteiger partial charge in [0, 0.05) is 30.5 Å². The minimum atomic E-state index is -0.799. The Morgan fingerprint density at radius 3 is 2.62 bits per heavy atom. The van der Waals surface area contributed by atoms with Crippen molar-refractivity contribution >= 4 is 23.1 Å². The van der Waals surface area contributed by atoms with Crippen LogP contribution < -0.4 is 0 Å². The fourth-order valence-corrected chi connectivity index (χ4v) is 5.66. The fraction of sp³-hybridized carbons (Fsp3) is 0.444. The smallest absolute Gasteiger partial charge is 0.409 e. The minimum absolute atomic E-state index is 0.0643. The second-order valence-corrected chi connectivity index (χ2v) is 9.48. The molecule has 2 aromatic carbocycles. The van der Waals surface area contributed by atoms with Crippen LogP contribution in [0, 0.1) is 0 Å². The van der Waals surface area contributed by atoms with E-state index in [1.807, 2.05) is 30.3 Å². The van der Waals surface area contributed by atoms with Crippen molar-refractivity contribution < 1.29 is 19.4 Å². The second kappa shape index (κ2) is 9.49. The summed E-state index contributed by atoms with van der Waals surface area (Å²) >= 11 is 0. The van der Waals surface area contributed by atoms with Crippen molar-refractivity contribution in [2.45, 2.75) is 63.5 Å². The Bertz CT molecular complexity index is 1200. The maximum atomic E-state index is 12.2. The molecule has 0 unspecified atom stereocenters. The zero-order chi connectivity index (χ0) is 23.7. The van der Waals surface area contributed by atoms with Crippen LogP contribution in [0.2, 0.25) is 0 Å². The number of nitrogens with zero attached hydrogens (tertiary/aromatic N) is 3. The highest BCUT2D eigenvalue weighted by molar-refractivity contribution is 5.82. The van der Waals surface area contributed by atoms with Crippen LogP contribution in [0.5, 0.6) is 0 Å². The van der Waals surface area contributed by atoms with Gasteiger partial charge in [0.15, 0.2) is 0 Å². The predicted octanol–water partition coefficient (Wildman–Crippen LogP) is 5.08. The fourth-order valence-electron chi connectivity index (χ4n) is 5.66. The van der Waals surface area contributed by atoms with Crippen LogP contribution in [-0.4, -0.2) is 45.3 Å². The molecule has 1 N–H and O–H groups in total. The van der Waals surface area contributed by atoms with Crippen LogP contribution in [0.3, 0.4) is 0 Å². The summed E-state index contributed by atoms with van der Waals surface area (Å²) in [5.74, 6) is 0.484. The van der Waals surface area contributed by atoms with E-state index >= 15 is 0 Å². The molecule has 1 amide bonds. The van der Waals surface area contributed by atoms with Gasteiger partial charge in [0.05, 0.1) is 31.1 Å². The highest BCUT2D eigenvalue weighted by atomic mass is 16.5. The van der Waals surface area contributed by atoms with E-state index in [1.54, 1.807) is 4.90 Å².